The number of anilines is 2. The third-order valence-electron chi connectivity index (χ3n) is 4.33. The number of nitrogens with one attached hydrogen (secondary N) is 1. The highest BCUT2D eigenvalue weighted by molar-refractivity contribution is 5.91. The smallest absolute Gasteiger partial charge is 0.230 e. The Kier molecular flexibility index (Phi) is 5.38. The maximum absolute atomic E-state index is 12.3. The first kappa shape index (κ1) is 17.1. The van der Waals surface area contributed by atoms with Crippen molar-refractivity contribution in [2.24, 2.45) is 0 Å². The molecule has 1 saturated heterocycles. The van der Waals surface area contributed by atoms with Crippen molar-refractivity contribution in [2.75, 3.05) is 37.5 Å². The molecule has 0 bridgehead atoms. The lowest BCUT2D eigenvalue weighted by atomic mass is 10.1. The third-order valence-corrected chi connectivity index (χ3v) is 4.33. The number of hydrogen-bond donors (Lipinski definition) is 1. The molecule has 1 fully saturated rings. The van der Waals surface area contributed by atoms with Gasteiger partial charge >= 0.3 is 0 Å². The number of hydrogen-bond acceptors (Lipinski definition) is 5. The molecule has 0 spiro atoms. The summed E-state index contributed by atoms with van der Waals surface area (Å²) in [5, 5.41) is 2.83. The highest BCUT2D eigenvalue weighted by Gasteiger charge is 2.14. The molecule has 25 heavy (non-hydrogen) atoms. The molecule has 0 unspecified atom stereocenters. The molecule has 1 N–H and O–H groups in total. The van der Waals surface area contributed by atoms with Crippen LogP contribution in [0.4, 0.5) is 11.5 Å². The minimum atomic E-state index is -0.134. The van der Waals surface area contributed by atoms with Crippen molar-refractivity contribution in [3.8, 4) is 11.5 Å². The first-order valence-corrected chi connectivity index (χ1v) is 8.41. The minimum Gasteiger partial charge on any atom is -0.497 e. The van der Waals surface area contributed by atoms with E-state index in [-0.39, 0.29) is 12.3 Å². The molecule has 2 heterocycles. The fourth-order valence-corrected chi connectivity index (χ4v) is 2.98. The minimum absolute atomic E-state index is 0.134. The van der Waals surface area contributed by atoms with Gasteiger partial charge in [-0.25, -0.2) is 4.98 Å². The van der Waals surface area contributed by atoms with Gasteiger partial charge in [0.1, 0.15) is 17.3 Å². The summed E-state index contributed by atoms with van der Waals surface area (Å²) >= 11 is 0. The van der Waals surface area contributed by atoms with Crippen LogP contribution in [0.1, 0.15) is 18.4 Å². The summed E-state index contributed by atoms with van der Waals surface area (Å²) in [4.78, 5) is 19.0. The van der Waals surface area contributed by atoms with E-state index in [1.165, 1.54) is 12.8 Å². The number of carbonyl (C=O) groups is 1. The Morgan fingerprint density at radius 3 is 2.60 bits per heavy atom. The number of ether oxygens (including phenoxy) is 2. The standard InChI is InChI=1S/C19H23N3O3/c1-24-16-7-5-14(17(12-16)25-2)11-19(23)21-18-8-6-15(13-20-18)22-9-3-4-10-22/h5-8,12-13H,3-4,9-11H2,1-2H3,(H,20,21,23). The van der Waals surface area contributed by atoms with Crippen molar-refractivity contribution < 1.29 is 14.3 Å². The van der Waals surface area contributed by atoms with Crippen LogP contribution in [-0.2, 0) is 11.2 Å². The lowest BCUT2D eigenvalue weighted by Gasteiger charge is -2.17. The van der Waals surface area contributed by atoms with Gasteiger partial charge in [-0.2, -0.15) is 0 Å². The van der Waals surface area contributed by atoms with Crippen LogP contribution in [0.2, 0.25) is 0 Å². The maximum Gasteiger partial charge on any atom is 0.230 e. The molecule has 132 valence electrons. The fourth-order valence-electron chi connectivity index (χ4n) is 2.98. The first-order valence-electron chi connectivity index (χ1n) is 8.41. The Morgan fingerprint density at radius 2 is 1.96 bits per heavy atom. The normalized spacial score (nSPS) is 13.6. The molecule has 1 aliphatic heterocycles. The van der Waals surface area contributed by atoms with Gasteiger partial charge in [0.05, 0.1) is 32.5 Å². The zero-order chi connectivity index (χ0) is 17.6. The molecule has 1 aromatic carbocycles. The predicted octanol–water partition coefficient (Wildman–Crippen LogP) is 2.88. The van der Waals surface area contributed by atoms with Gasteiger partial charge < -0.3 is 19.7 Å². The number of benzene rings is 1. The van der Waals surface area contributed by atoms with E-state index in [0.717, 1.165) is 24.3 Å². The second-order valence-electron chi connectivity index (χ2n) is 6.00. The Morgan fingerprint density at radius 1 is 1.16 bits per heavy atom. The van der Waals surface area contributed by atoms with E-state index in [1.54, 1.807) is 20.3 Å². The van der Waals surface area contributed by atoms with Crippen LogP contribution in [0.25, 0.3) is 0 Å². The van der Waals surface area contributed by atoms with Crippen molar-refractivity contribution in [1.29, 1.82) is 0 Å². The van der Waals surface area contributed by atoms with E-state index in [0.29, 0.717) is 17.3 Å². The van der Waals surface area contributed by atoms with E-state index in [1.807, 2.05) is 30.5 Å². The molecule has 0 saturated carbocycles. The van der Waals surface area contributed by atoms with Gasteiger partial charge in [0.15, 0.2) is 0 Å². The van der Waals surface area contributed by atoms with Crippen LogP contribution < -0.4 is 19.7 Å². The quantitative estimate of drug-likeness (QED) is 0.875. The van der Waals surface area contributed by atoms with Crippen molar-refractivity contribution in [2.45, 2.75) is 19.3 Å². The number of nitrogens with zero attached hydrogens (tertiary/aromatic N) is 2. The van der Waals surface area contributed by atoms with Gasteiger partial charge in [0.25, 0.3) is 0 Å². The van der Waals surface area contributed by atoms with Crippen molar-refractivity contribution >= 4 is 17.4 Å². The van der Waals surface area contributed by atoms with Crippen LogP contribution >= 0.6 is 0 Å². The highest BCUT2D eigenvalue weighted by atomic mass is 16.5. The summed E-state index contributed by atoms with van der Waals surface area (Å²) in [5.74, 6) is 1.75. The molecule has 6 heteroatoms. The van der Waals surface area contributed by atoms with Crippen LogP contribution in [0.5, 0.6) is 11.5 Å². The zero-order valence-corrected chi connectivity index (χ0v) is 14.6. The van der Waals surface area contributed by atoms with E-state index < -0.39 is 0 Å². The Balaban J connectivity index is 1.62. The molecule has 3 rings (SSSR count). The molecule has 0 atom stereocenters. The molecule has 1 amide bonds. The summed E-state index contributed by atoms with van der Waals surface area (Å²) in [6.45, 7) is 2.15. The molecule has 1 aliphatic rings. The van der Waals surface area contributed by atoms with Crippen LogP contribution in [0.15, 0.2) is 36.5 Å². The second kappa shape index (κ2) is 7.88. The predicted molar refractivity (Wildman–Crippen MR) is 97.6 cm³/mol. The molecule has 2 aromatic rings. The summed E-state index contributed by atoms with van der Waals surface area (Å²) in [7, 11) is 3.17. The summed E-state index contributed by atoms with van der Waals surface area (Å²) in [5.41, 5.74) is 1.90. The molecular formula is C19H23N3O3. The lowest BCUT2D eigenvalue weighted by molar-refractivity contribution is -0.115. The van der Waals surface area contributed by atoms with Gasteiger partial charge in [-0.05, 0) is 31.0 Å². The van der Waals surface area contributed by atoms with Crippen molar-refractivity contribution in [1.82, 2.24) is 4.98 Å². The van der Waals surface area contributed by atoms with E-state index in [9.17, 15) is 4.79 Å². The summed E-state index contributed by atoms with van der Waals surface area (Å²) < 4.78 is 10.5. The molecular weight excluding hydrogens is 318 g/mol. The third kappa shape index (κ3) is 4.21. The average Bonchev–Trinajstić information content (AvgIpc) is 3.17. The summed E-state index contributed by atoms with van der Waals surface area (Å²) in [6, 6.07) is 9.26. The Labute approximate surface area is 147 Å². The van der Waals surface area contributed by atoms with E-state index in [4.69, 9.17) is 9.47 Å². The molecule has 0 radical (unpaired) electrons. The number of carbonyl (C=O) groups excluding carboxylic acids is 1. The van der Waals surface area contributed by atoms with E-state index in [2.05, 4.69) is 15.2 Å². The lowest BCUT2D eigenvalue weighted by Crippen LogP contribution is -2.19. The van der Waals surface area contributed by atoms with E-state index >= 15 is 0 Å². The number of methoxy groups -OCH3 is 2. The van der Waals surface area contributed by atoms with Crippen LogP contribution in [0.3, 0.4) is 0 Å². The summed E-state index contributed by atoms with van der Waals surface area (Å²) in [6.07, 6.45) is 4.47. The molecule has 0 aliphatic carbocycles. The van der Waals surface area contributed by atoms with Gasteiger partial charge in [-0.15, -0.1) is 0 Å². The highest BCUT2D eigenvalue weighted by Crippen LogP contribution is 2.25. The van der Waals surface area contributed by atoms with Gasteiger partial charge in [0.2, 0.25) is 5.91 Å². The van der Waals surface area contributed by atoms with Gasteiger partial charge in [-0.3, -0.25) is 4.79 Å². The largest absolute Gasteiger partial charge is 0.497 e. The first-order chi connectivity index (χ1) is 12.2. The zero-order valence-electron chi connectivity index (χ0n) is 14.6. The van der Waals surface area contributed by atoms with Crippen LogP contribution in [0, 0.1) is 0 Å². The van der Waals surface area contributed by atoms with Gasteiger partial charge in [-0.1, -0.05) is 6.07 Å². The average molecular weight is 341 g/mol. The number of pyridine rings is 1. The monoisotopic (exact) mass is 341 g/mol. The number of amides is 1. The Bertz CT molecular complexity index is 725. The number of rotatable bonds is 6. The topological polar surface area (TPSA) is 63.7 Å². The maximum atomic E-state index is 12.3. The second-order valence-corrected chi connectivity index (χ2v) is 6.00. The van der Waals surface area contributed by atoms with Crippen molar-refractivity contribution in [3.05, 3.63) is 42.1 Å². The Hall–Kier alpha value is -2.76. The number of aromatic nitrogens is 1. The molecule has 1 aromatic heterocycles. The molecule has 6 nitrogen and oxygen atoms in total. The van der Waals surface area contributed by atoms with Crippen LogP contribution in [-0.4, -0.2) is 38.2 Å². The fraction of sp³-hybridized carbons (Fsp3) is 0.368. The van der Waals surface area contributed by atoms with Crippen molar-refractivity contribution in [3.63, 3.8) is 0 Å². The SMILES string of the molecule is COc1ccc(CC(=O)Nc2ccc(N3CCCC3)cn2)c(OC)c1. The van der Waals surface area contributed by atoms with Gasteiger partial charge in [0, 0.05) is 24.7 Å².